The van der Waals surface area contributed by atoms with Crippen LogP contribution in [0.2, 0.25) is 0 Å². The summed E-state index contributed by atoms with van der Waals surface area (Å²) in [5.74, 6) is 4.35. The van der Waals surface area contributed by atoms with E-state index in [4.69, 9.17) is 11.4 Å². The average Bonchev–Trinajstić information content (AvgIpc) is 1.98. The number of nitrogens with two attached hydrogens (primary N) is 1. The largest absolute Gasteiger partial charge is 0.294 e. The number of hydrogen-bond donors (Lipinski definition) is 2. The van der Waals surface area contributed by atoms with Crippen LogP contribution in [0, 0.1) is 5.92 Å². The lowest BCUT2D eigenvalue weighted by atomic mass is 10.1. The summed E-state index contributed by atoms with van der Waals surface area (Å²) in [4.78, 5) is 13.4. The van der Waals surface area contributed by atoms with Crippen molar-refractivity contribution in [1.82, 2.24) is 5.43 Å². The Morgan fingerprint density at radius 1 is 1.73 bits per heavy atom. The van der Waals surface area contributed by atoms with Crippen molar-refractivity contribution in [3.05, 3.63) is 10.4 Å². The molecular weight excluding hydrogens is 146 g/mol. The van der Waals surface area contributed by atoms with Gasteiger partial charge in [0.15, 0.2) is 0 Å². The highest BCUT2D eigenvalue weighted by molar-refractivity contribution is 5.81. The number of carbonyl (C=O) groups is 1. The van der Waals surface area contributed by atoms with Crippen LogP contribution < -0.4 is 11.3 Å². The maximum Gasteiger partial charge on any atom is 0.243 e. The molecule has 6 nitrogen and oxygen atoms in total. The van der Waals surface area contributed by atoms with Crippen molar-refractivity contribution in [2.75, 3.05) is 0 Å². The normalized spacial score (nSPS) is 12.0. The lowest BCUT2D eigenvalue weighted by Crippen LogP contribution is -2.40. The Morgan fingerprint density at radius 2 is 2.27 bits per heavy atom. The van der Waals surface area contributed by atoms with E-state index >= 15 is 0 Å². The van der Waals surface area contributed by atoms with Gasteiger partial charge < -0.3 is 0 Å². The Kier molecular flexibility index (Phi) is 4.02. The molecule has 62 valence electrons. The summed E-state index contributed by atoms with van der Waals surface area (Å²) < 4.78 is 0. The third kappa shape index (κ3) is 2.88. The molecular formula is C5H11N5O. The lowest BCUT2D eigenvalue weighted by Gasteiger charge is -2.11. The van der Waals surface area contributed by atoms with Crippen molar-refractivity contribution in [2.45, 2.75) is 19.9 Å². The predicted molar refractivity (Wildman–Crippen MR) is 40.1 cm³/mol. The molecule has 0 aromatic rings. The van der Waals surface area contributed by atoms with Gasteiger partial charge in [0.05, 0.1) is 0 Å². The van der Waals surface area contributed by atoms with Crippen molar-refractivity contribution in [3.63, 3.8) is 0 Å². The molecule has 6 heteroatoms. The van der Waals surface area contributed by atoms with Crippen molar-refractivity contribution in [2.24, 2.45) is 16.9 Å². The fourth-order valence-corrected chi connectivity index (χ4v) is 0.630. The molecule has 0 aliphatic carbocycles. The Bertz CT molecular complexity index is 183. The molecule has 0 bridgehead atoms. The van der Waals surface area contributed by atoms with Gasteiger partial charge in [0.25, 0.3) is 0 Å². The second-order valence-electron chi connectivity index (χ2n) is 2.40. The second kappa shape index (κ2) is 4.54. The molecule has 1 amide bonds. The Morgan fingerprint density at radius 3 is 2.55 bits per heavy atom. The van der Waals surface area contributed by atoms with Gasteiger partial charge in [-0.1, -0.05) is 19.0 Å². The van der Waals surface area contributed by atoms with Crippen LogP contribution in [0.4, 0.5) is 0 Å². The first-order valence-electron chi connectivity index (χ1n) is 3.18. The summed E-state index contributed by atoms with van der Waals surface area (Å²) in [7, 11) is 0. The highest BCUT2D eigenvalue weighted by atomic mass is 16.2. The van der Waals surface area contributed by atoms with Gasteiger partial charge in [-0.25, -0.2) is 5.84 Å². The molecule has 0 aromatic heterocycles. The summed E-state index contributed by atoms with van der Waals surface area (Å²) in [6.45, 7) is 3.54. The lowest BCUT2D eigenvalue weighted by molar-refractivity contribution is -0.123. The van der Waals surface area contributed by atoms with Crippen molar-refractivity contribution in [1.29, 1.82) is 0 Å². The molecule has 3 N–H and O–H groups in total. The van der Waals surface area contributed by atoms with E-state index in [1.54, 1.807) is 13.8 Å². The van der Waals surface area contributed by atoms with Gasteiger partial charge in [-0.15, -0.1) is 0 Å². The minimum Gasteiger partial charge on any atom is -0.294 e. The van der Waals surface area contributed by atoms with E-state index in [0.29, 0.717) is 0 Å². The number of rotatable bonds is 3. The molecule has 0 spiro atoms. The SMILES string of the molecule is CC(C)C(N=[N+]=[N-])C(=O)NN. The van der Waals surface area contributed by atoms with Gasteiger partial charge in [-0.2, -0.15) is 0 Å². The van der Waals surface area contributed by atoms with E-state index in [1.807, 2.05) is 5.43 Å². The fourth-order valence-electron chi connectivity index (χ4n) is 0.630. The molecule has 0 fully saturated rings. The summed E-state index contributed by atoms with van der Waals surface area (Å²) in [5, 5.41) is 3.28. The molecule has 11 heavy (non-hydrogen) atoms. The number of carbonyl (C=O) groups excluding carboxylic acids is 1. The molecule has 0 saturated heterocycles. The molecule has 0 aliphatic heterocycles. The smallest absolute Gasteiger partial charge is 0.243 e. The fraction of sp³-hybridized carbons (Fsp3) is 0.800. The Labute approximate surface area is 64.4 Å². The zero-order valence-corrected chi connectivity index (χ0v) is 6.48. The van der Waals surface area contributed by atoms with E-state index in [1.165, 1.54) is 0 Å². The van der Waals surface area contributed by atoms with Crippen LogP contribution in [0.25, 0.3) is 10.4 Å². The predicted octanol–water partition coefficient (Wildman–Crippen LogP) is 0.311. The first kappa shape index (κ1) is 9.74. The van der Waals surface area contributed by atoms with Crippen LogP contribution in [0.3, 0.4) is 0 Å². The first-order chi connectivity index (χ1) is 5.13. The molecule has 1 atom stereocenters. The van der Waals surface area contributed by atoms with Gasteiger partial charge in [0.2, 0.25) is 5.91 Å². The molecule has 0 saturated carbocycles. The zero-order valence-electron chi connectivity index (χ0n) is 6.48. The Hall–Kier alpha value is -1.26. The number of azide groups is 1. The first-order valence-corrected chi connectivity index (χ1v) is 3.18. The third-order valence-electron chi connectivity index (χ3n) is 1.22. The van der Waals surface area contributed by atoms with Gasteiger partial charge in [0.1, 0.15) is 6.04 Å². The number of nitrogens with zero attached hydrogens (tertiary/aromatic N) is 3. The third-order valence-corrected chi connectivity index (χ3v) is 1.22. The molecule has 0 aliphatic rings. The molecule has 0 radical (unpaired) electrons. The standard InChI is InChI=1S/C5H11N5O/c1-3(2)4(9-10-7)5(11)8-6/h3-4H,6H2,1-2H3,(H,8,11). The number of nitrogens with one attached hydrogen (secondary N) is 1. The number of hydrazine groups is 1. The van der Waals surface area contributed by atoms with Crippen molar-refractivity contribution >= 4 is 5.91 Å². The van der Waals surface area contributed by atoms with Gasteiger partial charge in [0, 0.05) is 4.91 Å². The summed E-state index contributed by atoms with van der Waals surface area (Å²) in [6, 6.07) is -0.718. The molecule has 1 unspecified atom stereocenters. The maximum atomic E-state index is 10.8. The van der Waals surface area contributed by atoms with E-state index in [9.17, 15) is 4.79 Å². The van der Waals surface area contributed by atoms with E-state index in [-0.39, 0.29) is 5.92 Å². The van der Waals surface area contributed by atoms with Crippen LogP contribution in [0.5, 0.6) is 0 Å². The van der Waals surface area contributed by atoms with Crippen LogP contribution in [-0.4, -0.2) is 11.9 Å². The van der Waals surface area contributed by atoms with Gasteiger partial charge >= 0.3 is 0 Å². The quantitative estimate of drug-likeness (QED) is 0.154. The topological polar surface area (TPSA) is 104 Å². The van der Waals surface area contributed by atoms with Gasteiger partial charge in [-0.05, 0) is 11.4 Å². The van der Waals surface area contributed by atoms with Crippen molar-refractivity contribution in [3.8, 4) is 0 Å². The highest BCUT2D eigenvalue weighted by Crippen LogP contribution is 2.05. The molecule has 0 heterocycles. The Balaban J connectivity index is 4.33. The van der Waals surface area contributed by atoms with E-state index in [2.05, 4.69) is 10.0 Å². The number of hydrogen-bond acceptors (Lipinski definition) is 3. The summed E-state index contributed by atoms with van der Waals surface area (Å²) in [5.41, 5.74) is 9.99. The summed E-state index contributed by atoms with van der Waals surface area (Å²) in [6.07, 6.45) is 0. The van der Waals surface area contributed by atoms with Crippen LogP contribution in [-0.2, 0) is 4.79 Å². The minimum atomic E-state index is -0.718. The van der Waals surface area contributed by atoms with Crippen LogP contribution in [0.1, 0.15) is 13.8 Å². The average molecular weight is 157 g/mol. The van der Waals surface area contributed by atoms with Gasteiger partial charge in [-0.3, -0.25) is 10.2 Å². The van der Waals surface area contributed by atoms with E-state index in [0.717, 1.165) is 0 Å². The molecule has 0 rings (SSSR count). The molecule has 0 aromatic carbocycles. The summed E-state index contributed by atoms with van der Waals surface area (Å²) >= 11 is 0. The van der Waals surface area contributed by atoms with E-state index < -0.39 is 11.9 Å². The maximum absolute atomic E-state index is 10.8. The minimum absolute atomic E-state index is 0.0468. The number of amides is 1. The second-order valence-corrected chi connectivity index (χ2v) is 2.40. The van der Waals surface area contributed by atoms with Crippen LogP contribution in [0.15, 0.2) is 5.11 Å². The van der Waals surface area contributed by atoms with Crippen LogP contribution >= 0.6 is 0 Å². The monoisotopic (exact) mass is 157 g/mol. The highest BCUT2D eigenvalue weighted by Gasteiger charge is 2.18. The van der Waals surface area contributed by atoms with Crippen molar-refractivity contribution < 1.29 is 4.79 Å². The zero-order chi connectivity index (χ0) is 8.85.